The zero-order chi connectivity index (χ0) is 15.4. The molecule has 110 valence electrons. The minimum atomic E-state index is -0.801. The number of benzene rings is 2. The van der Waals surface area contributed by atoms with Crippen LogP contribution in [0.5, 0.6) is 0 Å². The molecule has 0 atom stereocenters. The fraction of sp³-hybridized carbons (Fsp3) is 0.188. The lowest BCUT2D eigenvalue weighted by Crippen LogP contribution is -2.13. The first-order valence-corrected chi connectivity index (χ1v) is 6.62. The predicted octanol–water partition coefficient (Wildman–Crippen LogP) is 3.82. The van der Waals surface area contributed by atoms with E-state index in [9.17, 15) is 13.6 Å². The number of aryl methyl sites for hydroxylation is 1. The summed E-state index contributed by atoms with van der Waals surface area (Å²) in [6.07, 6.45) is 0.837. The molecule has 0 aliphatic carbocycles. The van der Waals surface area contributed by atoms with Crippen LogP contribution in [0.2, 0.25) is 0 Å². The van der Waals surface area contributed by atoms with E-state index in [1.165, 1.54) is 7.05 Å². The number of anilines is 2. The summed E-state index contributed by atoms with van der Waals surface area (Å²) in [5.74, 6) is -2.15. The van der Waals surface area contributed by atoms with E-state index in [2.05, 4.69) is 10.6 Å². The number of rotatable bonds is 4. The molecule has 0 radical (unpaired) electrons. The maximum absolute atomic E-state index is 13.6. The van der Waals surface area contributed by atoms with Crippen LogP contribution in [-0.4, -0.2) is 13.0 Å². The molecule has 0 saturated heterocycles. The van der Waals surface area contributed by atoms with Crippen molar-refractivity contribution in [1.82, 2.24) is 0 Å². The minimum absolute atomic E-state index is 0.0640. The number of carbonyl (C=O) groups excluding carboxylic acids is 1. The van der Waals surface area contributed by atoms with Gasteiger partial charge in [0.2, 0.25) is 0 Å². The number of nitrogens with one attached hydrogen (secondary N) is 2. The van der Waals surface area contributed by atoms with Gasteiger partial charge >= 0.3 is 0 Å². The van der Waals surface area contributed by atoms with Crippen LogP contribution in [0.3, 0.4) is 0 Å². The number of amides is 1. The average Bonchev–Trinajstić information content (AvgIpc) is 2.47. The van der Waals surface area contributed by atoms with E-state index in [0.717, 1.165) is 24.1 Å². The molecule has 2 aromatic carbocycles. The van der Waals surface area contributed by atoms with Gasteiger partial charge in [0.05, 0.1) is 0 Å². The van der Waals surface area contributed by atoms with Crippen LogP contribution >= 0.6 is 0 Å². The first-order chi connectivity index (χ1) is 10.0. The molecule has 0 bridgehead atoms. The van der Waals surface area contributed by atoms with Crippen LogP contribution in [0.1, 0.15) is 22.8 Å². The van der Waals surface area contributed by atoms with Crippen molar-refractivity contribution in [2.24, 2.45) is 0 Å². The Labute approximate surface area is 122 Å². The van der Waals surface area contributed by atoms with Gasteiger partial charge in [-0.05, 0) is 36.2 Å². The zero-order valence-corrected chi connectivity index (χ0v) is 11.8. The number of hydrogen-bond acceptors (Lipinski definition) is 2. The molecule has 2 aromatic rings. The van der Waals surface area contributed by atoms with Crippen molar-refractivity contribution < 1.29 is 13.6 Å². The Kier molecular flexibility index (Phi) is 4.52. The van der Waals surface area contributed by atoms with Crippen molar-refractivity contribution in [3.05, 3.63) is 59.2 Å². The van der Waals surface area contributed by atoms with E-state index in [1.807, 2.05) is 25.1 Å². The summed E-state index contributed by atoms with van der Waals surface area (Å²) in [6, 6.07) is 9.33. The highest BCUT2D eigenvalue weighted by Gasteiger charge is 2.14. The van der Waals surface area contributed by atoms with Crippen molar-refractivity contribution >= 4 is 17.3 Å². The van der Waals surface area contributed by atoms with Crippen molar-refractivity contribution in [3.63, 3.8) is 0 Å². The molecule has 2 rings (SSSR count). The van der Waals surface area contributed by atoms with Crippen molar-refractivity contribution in [3.8, 4) is 0 Å². The molecule has 0 unspecified atom stereocenters. The van der Waals surface area contributed by atoms with Gasteiger partial charge < -0.3 is 10.6 Å². The molecule has 21 heavy (non-hydrogen) atoms. The zero-order valence-electron chi connectivity index (χ0n) is 11.8. The molecule has 0 aromatic heterocycles. The van der Waals surface area contributed by atoms with E-state index >= 15 is 0 Å². The molecular formula is C16H16F2N2O. The molecule has 0 fully saturated rings. The van der Waals surface area contributed by atoms with Crippen LogP contribution in [0, 0.1) is 11.6 Å². The molecule has 3 nitrogen and oxygen atoms in total. The maximum atomic E-state index is 13.6. The first kappa shape index (κ1) is 15.0. The Morgan fingerprint density at radius 3 is 2.38 bits per heavy atom. The van der Waals surface area contributed by atoms with Gasteiger partial charge in [0.1, 0.15) is 17.3 Å². The summed E-state index contributed by atoms with van der Waals surface area (Å²) in [6.45, 7) is 2.00. The van der Waals surface area contributed by atoms with E-state index in [4.69, 9.17) is 0 Å². The van der Waals surface area contributed by atoms with Crippen molar-refractivity contribution in [2.75, 3.05) is 17.7 Å². The van der Waals surface area contributed by atoms with Gasteiger partial charge in [-0.1, -0.05) is 19.1 Å². The maximum Gasteiger partial charge on any atom is 0.255 e. The van der Waals surface area contributed by atoms with Gasteiger partial charge in [0, 0.05) is 18.3 Å². The quantitative estimate of drug-likeness (QED) is 0.898. The molecule has 1 amide bonds. The summed E-state index contributed by atoms with van der Waals surface area (Å²) < 4.78 is 27.3. The fourth-order valence-electron chi connectivity index (χ4n) is 2.02. The van der Waals surface area contributed by atoms with Gasteiger partial charge in [0.25, 0.3) is 5.91 Å². The Morgan fingerprint density at radius 1 is 1.14 bits per heavy atom. The standard InChI is InChI=1S/C16H16F2N2O/c1-3-10-5-4-6-12(7-10)20-16(21)11-8-13(17)15(19-2)14(18)9-11/h4-9,19H,3H2,1-2H3,(H,20,21). The van der Waals surface area contributed by atoms with E-state index < -0.39 is 17.5 Å². The molecule has 0 spiro atoms. The second kappa shape index (κ2) is 6.35. The van der Waals surface area contributed by atoms with Crippen molar-refractivity contribution in [1.29, 1.82) is 0 Å². The highest BCUT2D eigenvalue weighted by atomic mass is 19.1. The number of carbonyl (C=O) groups is 1. The van der Waals surface area contributed by atoms with E-state index in [1.54, 1.807) is 6.07 Å². The Balaban J connectivity index is 2.24. The topological polar surface area (TPSA) is 41.1 Å². The molecule has 0 aliphatic rings. The molecule has 2 N–H and O–H groups in total. The minimum Gasteiger partial charge on any atom is -0.383 e. The summed E-state index contributed by atoms with van der Waals surface area (Å²) in [5.41, 5.74) is 1.35. The van der Waals surface area contributed by atoms with E-state index in [-0.39, 0.29) is 11.3 Å². The normalized spacial score (nSPS) is 10.3. The number of hydrogen-bond donors (Lipinski definition) is 2. The van der Waals surface area contributed by atoms with Gasteiger partial charge in [-0.15, -0.1) is 0 Å². The lowest BCUT2D eigenvalue weighted by molar-refractivity contribution is 0.102. The molecular weight excluding hydrogens is 274 g/mol. The largest absolute Gasteiger partial charge is 0.383 e. The van der Waals surface area contributed by atoms with Crippen LogP contribution in [0.15, 0.2) is 36.4 Å². The third-order valence-electron chi connectivity index (χ3n) is 3.15. The van der Waals surface area contributed by atoms with Crippen LogP contribution < -0.4 is 10.6 Å². The number of halogens is 2. The van der Waals surface area contributed by atoms with Crippen molar-refractivity contribution in [2.45, 2.75) is 13.3 Å². The van der Waals surface area contributed by atoms with Crippen LogP contribution in [-0.2, 0) is 6.42 Å². The predicted molar refractivity (Wildman–Crippen MR) is 79.7 cm³/mol. The smallest absolute Gasteiger partial charge is 0.255 e. The average molecular weight is 290 g/mol. The second-order valence-corrected chi connectivity index (χ2v) is 4.57. The van der Waals surface area contributed by atoms with Gasteiger partial charge in [-0.25, -0.2) is 8.78 Å². The highest BCUT2D eigenvalue weighted by Crippen LogP contribution is 2.21. The Hall–Kier alpha value is -2.43. The lowest BCUT2D eigenvalue weighted by Gasteiger charge is -2.09. The summed E-state index contributed by atoms with van der Waals surface area (Å²) in [7, 11) is 1.41. The first-order valence-electron chi connectivity index (χ1n) is 6.62. The van der Waals surface area contributed by atoms with Gasteiger partial charge in [0.15, 0.2) is 0 Å². The van der Waals surface area contributed by atoms with E-state index in [0.29, 0.717) is 5.69 Å². The highest BCUT2D eigenvalue weighted by molar-refractivity contribution is 6.04. The third kappa shape index (κ3) is 3.37. The van der Waals surface area contributed by atoms with Gasteiger partial charge in [-0.3, -0.25) is 4.79 Å². The molecule has 5 heteroatoms. The fourth-order valence-corrected chi connectivity index (χ4v) is 2.02. The Bertz CT molecular complexity index is 648. The summed E-state index contributed by atoms with van der Waals surface area (Å²) in [4.78, 5) is 12.1. The summed E-state index contributed by atoms with van der Waals surface area (Å²) >= 11 is 0. The molecule has 0 aliphatic heterocycles. The van der Waals surface area contributed by atoms with Gasteiger partial charge in [-0.2, -0.15) is 0 Å². The lowest BCUT2D eigenvalue weighted by atomic mass is 10.1. The molecule has 0 saturated carbocycles. The van der Waals surface area contributed by atoms with Crippen LogP contribution in [0.25, 0.3) is 0 Å². The summed E-state index contributed by atoms with van der Waals surface area (Å²) in [5, 5.41) is 5.04. The molecule has 0 heterocycles. The SMILES string of the molecule is CCc1cccc(NC(=O)c2cc(F)c(NC)c(F)c2)c1. The second-order valence-electron chi connectivity index (χ2n) is 4.57. The Morgan fingerprint density at radius 2 is 1.81 bits per heavy atom. The van der Waals surface area contributed by atoms with Crippen LogP contribution in [0.4, 0.5) is 20.2 Å². The monoisotopic (exact) mass is 290 g/mol. The third-order valence-corrected chi connectivity index (χ3v) is 3.15.